The summed E-state index contributed by atoms with van der Waals surface area (Å²) < 4.78 is 10.9. The molecule has 0 spiro atoms. The molecule has 0 radical (unpaired) electrons. The average molecular weight is 274 g/mol. The van der Waals surface area contributed by atoms with Crippen molar-refractivity contribution in [2.75, 3.05) is 13.7 Å². The number of hydrogen-bond donors (Lipinski definition) is 3. The third kappa shape index (κ3) is 4.00. The molecular weight excluding hydrogens is 248 g/mol. The van der Waals surface area contributed by atoms with Crippen LogP contribution in [0.25, 0.3) is 0 Å². The lowest BCUT2D eigenvalue weighted by molar-refractivity contribution is -0.0306. The first-order valence-corrected chi connectivity index (χ1v) is 6.83. The van der Waals surface area contributed by atoms with Crippen molar-refractivity contribution in [3.05, 3.63) is 12.2 Å². The van der Waals surface area contributed by atoms with E-state index in [1.54, 1.807) is 19.3 Å². The molecule has 0 amide bonds. The molecule has 19 heavy (non-hydrogen) atoms. The highest BCUT2D eigenvalue weighted by molar-refractivity contribution is 5.10. The fraction of sp³-hybridized carbons (Fsp3) is 0.857. The number of ether oxygens (including phenoxy) is 2. The van der Waals surface area contributed by atoms with Crippen LogP contribution in [0.15, 0.2) is 12.2 Å². The minimum Gasteiger partial charge on any atom is -0.392 e. The zero-order valence-electron chi connectivity index (χ0n) is 12.0. The first kappa shape index (κ1) is 16.6. The Kier molecular flexibility index (Phi) is 6.42. The molecule has 0 aromatic carbocycles. The van der Waals surface area contributed by atoms with Gasteiger partial charge in [-0.25, -0.2) is 0 Å². The topological polar surface area (TPSA) is 82.5 Å². The molecule has 0 saturated carbocycles. The molecule has 1 fully saturated rings. The van der Waals surface area contributed by atoms with Gasteiger partial charge < -0.3 is 24.8 Å². The second kappa shape index (κ2) is 7.36. The van der Waals surface area contributed by atoms with E-state index in [4.69, 9.17) is 14.6 Å². The summed E-state index contributed by atoms with van der Waals surface area (Å²) in [6.07, 6.45) is 3.27. The highest BCUT2D eigenvalue weighted by Gasteiger charge is 2.61. The predicted octanol–water partition coefficient (Wildman–Crippen LogP) is 0.619. The minimum atomic E-state index is -0.685. The highest BCUT2D eigenvalue weighted by atomic mass is 16.6. The van der Waals surface area contributed by atoms with Gasteiger partial charge in [0.25, 0.3) is 0 Å². The van der Waals surface area contributed by atoms with Gasteiger partial charge in [-0.1, -0.05) is 25.5 Å². The van der Waals surface area contributed by atoms with Gasteiger partial charge in [0.15, 0.2) is 0 Å². The van der Waals surface area contributed by atoms with E-state index in [0.717, 1.165) is 6.42 Å². The van der Waals surface area contributed by atoms with Crippen molar-refractivity contribution in [2.24, 2.45) is 0 Å². The van der Waals surface area contributed by atoms with Gasteiger partial charge in [0.05, 0.1) is 18.8 Å². The van der Waals surface area contributed by atoms with E-state index >= 15 is 0 Å². The lowest BCUT2D eigenvalue weighted by Gasteiger charge is -2.22. The summed E-state index contributed by atoms with van der Waals surface area (Å²) in [5.74, 6) is 0. The maximum atomic E-state index is 10.1. The van der Waals surface area contributed by atoms with E-state index in [-0.39, 0.29) is 12.7 Å². The highest BCUT2D eigenvalue weighted by Crippen LogP contribution is 2.44. The molecule has 1 saturated heterocycles. The Morgan fingerprint density at radius 1 is 1.37 bits per heavy atom. The van der Waals surface area contributed by atoms with Crippen molar-refractivity contribution in [2.45, 2.75) is 63.1 Å². The number of hydrogen-bond acceptors (Lipinski definition) is 5. The summed E-state index contributed by atoms with van der Waals surface area (Å²) in [4.78, 5) is 0. The molecule has 0 bridgehead atoms. The monoisotopic (exact) mass is 274 g/mol. The Labute approximate surface area is 114 Å². The lowest BCUT2D eigenvalue weighted by atomic mass is 9.92. The summed E-state index contributed by atoms with van der Waals surface area (Å²) in [5, 5.41) is 28.8. The van der Waals surface area contributed by atoms with Crippen LogP contribution in [-0.2, 0) is 9.47 Å². The Morgan fingerprint density at radius 2 is 2.05 bits per heavy atom. The van der Waals surface area contributed by atoms with Crippen molar-refractivity contribution in [1.82, 2.24) is 0 Å². The number of rotatable bonds is 9. The Balaban J connectivity index is 2.55. The predicted molar refractivity (Wildman–Crippen MR) is 71.8 cm³/mol. The van der Waals surface area contributed by atoms with Crippen molar-refractivity contribution in [1.29, 1.82) is 0 Å². The minimum absolute atomic E-state index is 0.0381. The van der Waals surface area contributed by atoms with E-state index in [1.807, 2.05) is 13.8 Å². The number of aliphatic hydroxyl groups excluding tert-OH is 3. The summed E-state index contributed by atoms with van der Waals surface area (Å²) in [6, 6.07) is 0. The molecule has 0 aromatic heterocycles. The van der Waals surface area contributed by atoms with Crippen molar-refractivity contribution in [3.63, 3.8) is 0 Å². The molecule has 1 unspecified atom stereocenters. The zero-order chi connectivity index (χ0) is 14.5. The van der Waals surface area contributed by atoms with Gasteiger partial charge in [-0.05, 0) is 19.8 Å². The van der Waals surface area contributed by atoms with Gasteiger partial charge in [0.1, 0.15) is 17.8 Å². The van der Waals surface area contributed by atoms with E-state index in [9.17, 15) is 10.2 Å². The van der Waals surface area contributed by atoms with Crippen LogP contribution in [0, 0.1) is 0 Å². The molecule has 5 atom stereocenters. The second-order valence-corrected chi connectivity index (χ2v) is 5.18. The van der Waals surface area contributed by atoms with Crippen LogP contribution in [0.3, 0.4) is 0 Å². The maximum absolute atomic E-state index is 10.1. The number of methoxy groups -OCH3 is 1. The SMILES string of the molecule is CCC[C@H](O)[C@@H](OC)C1O[C@@]1(C)[C@@H](O)C/C=C/CO. The Morgan fingerprint density at radius 3 is 2.58 bits per heavy atom. The summed E-state index contributed by atoms with van der Waals surface area (Å²) in [6.45, 7) is 3.78. The summed E-state index contributed by atoms with van der Waals surface area (Å²) >= 11 is 0. The molecule has 5 heteroatoms. The fourth-order valence-corrected chi connectivity index (χ4v) is 2.38. The summed E-state index contributed by atoms with van der Waals surface area (Å²) in [7, 11) is 1.55. The standard InChI is InChI=1S/C14H26O5/c1-4-7-10(16)12(18-3)13-14(2,19-13)11(17)8-5-6-9-15/h5-6,10-13,15-17H,4,7-9H2,1-3H3/b6-5+/t10-,11-,12+,13?,14-/m0/s1. The third-order valence-corrected chi connectivity index (χ3v) is 3.72. The van der Waals surface area contributed by atoms with Gasteiger partial charge in [0, 0.05) is 7.11 Å². The molecular formula is C14H26O5. The van der Waals surface area contributed by atoms with Crippen molar-refractivity contribution < 1.29 is 24.8 Å². The van der Waals surface area contributed by atoms with Crippen molar-refractivity contribution >= 4 is 0 Å². The van der Waals surface area contributed by atoms with Crippen LogP contribution < -0.4 is 0 Å². The molecule has 112 valence electrons. The van der Waals surface area contributed by atoms with Gasteiger partial charge in [-0.15, -0.1) is 0 Å². The zero-order valence-corrected chi connectivity index (χ0v) is 12.0. The summed E-state index contributed by atoms with van der Waals surface area (Å²) in [5.41, 5.74) is -0.685. The van der Waals surface area contributed by atoms with Crippen LogP contribution in [0.4, 0.5) is 0 Å². The van der Waals surface area contributed by atoms with Crippen molar-refractivity contribution in [3.8, 4) is 0 Å². The lowest BCUT2D eigenvalue weighted by Crippen LogP contribution is -2.39. The number of epoxide rings is 1. The van der Waals surface area contributed by atoms with Gasteiger partial charge in [-0.3, -0.25) is 0 Å². The third-order valence-electron chi connectivity index (χ3n) is 3.72. The van der Waals surface area contributed by atoms with E-state index < -0.39 is 23.9 Å². The van der Waals surface area contributed by atoms with Crippen LogP contribution in [0.2, 0.25) is 0 Å². The normalized spacial score (nSPS) is 31.4. The molecule has 1 heterocycles. The van der Waals surface area contributed by atoms with Crippen LogP contribution in [0.1, 0.15) is 33.1 Å². The smallest absolute Gasteiger partial charge is 0.121 e. The molecule has 3 N–H and O–H groups in total. The Bertz CT molecular complexity index is 294. The first-order valence-electron chi connectivity index (χ1n) is 6.83. The fourth-order valence-electron chi connectivity index (χ4n) is 2.38. The van der Waals surface area contributed by atoms with Crippen LogP contribution in [-0.4, -0.2) is 59.1 Å². The van der Waals surface area contributed by atoms with E-state index in [2.05, 4.69) is 0 Å². The molecule has 1 aliphatic rings. The van der Waals surface area contributed by atoms with Gasteiger partial charge in [-0.2, -0.15) is 0 Å². The van der Waals surface area contributed by atoms with E-state index in [1.165, 1.54) is 0 Å². The van der Waals surface area contributed by atoms with Gasteiger partial charge in [0.2, 0.25) is 0 Å². The quantitative estimate of drug-likeness (QED) is 0.424. The second-order valence-electron chi connectivity index (χ2n) is 5.18. The molecule has 5 nitrogen and oxygen atoms in total. The van der Waals surface area contributed by atoms with E-state index in [0.29, 0.717) is 12.8 Å². The molecule has 1 aliphatic heterocycles. The molecule has 1 rings (SSSR count). The molecule has 0 aliphatic carbocycles. The first-order chi connectivity index (χ1) is 9.01. The average Bonchev–Trinajstić information content (AvgIpc) is 3.04. The number of aliphatic hydroxyl groups is 3. The maximum Gasteiger partial charge on any atom is 0.121 e. The van der Waals surface area contributed by atoms with Crippen LogP contribution >= 0.6 is 0 Å². The Hall–Kier alpha value is -0.460. The molecule has 0 aromatic rings. The van der Waals surface area contributed by atoms with Crippen LogP contribution in [0.5, 0.6) is 0 Å². The van der Waals surface area contributed by atoms with Gasteiger partial charge >= 0.3 is 0 Å². The largest absolute Gasteiger partial charge is 0.392 e.